The Morgan fingerprint density at radius 2 is 1.88 bits per heavy atom. The maximum absolute atomic E-state index is 12.8. The Kier molecular flexibility index (Phi) is 16.5. The zero-order chi connectivity index (χ0) is 41.8. The normalized spacial score (nSPS) is 18.2. The van der Waals surface area contributed by atoms with Crippen LogP contribution in [0.5, 0.6) is 5.75 Å². The molecule has 3 unspecified atom stereocenters. The number of amides is 2. The summed E-state index contributed by atoms with van der Waals surface area (Å²) in [5.74, 6) is 4.93. The number of nitrogens with two attached hydrogens (primary N) is 3. The summed E-state index contributed by atoms with van der Waals surface area (Å²) in [5.41, 5.74) is 17.1. The number of aromatic nitrogens is 3. The first-order valence-corrected chi connectivity index (χ1v) is 21.1. The lowest BCUT2D eigenvalue weighted by atomic mass is 10.2. The minimum absolute atomic E-state index is 0.0173. The minimum atomic E-state index is -5.70. The van der Waals surface area contributed by atoms with E-state index in [0.29, 0.717) is 24.4 Å². The molecule has 0 spiro atoms. The molecule has 1 aromatic carbocycles. The molecule has 314 valence electrons. The van der Waals surface area contributed by atoms with Crippen LogP contribution in [0.25, 0.3) is 11.0 Å². The molecule has 1 aliphatic heterocycles. The van der Waals surface area contributed by atoms with Gasteiger partial charge in [0.2, 0.25) is 11.9 Å². The molecule has 25 nitrogen and oxygen atoms in total. The van der Waals surface area contributed by atoms with E-state index >= 15 is 0 Å². The second kappa shape index (κ2) is 20.6. The summed E-state index contributed by atoms with van der Waals surface area (Å²) in [4.78, 5) is 80.1. The van der Waals surface area contributed by atoms with Gasteiger partial charge in [-0.25, -0.2) is 13.7 Å². The summed E-state index contributed by atoms with van der Waals surface area (Å²) in [6.45, 7) is -0.409. The Morgan fingerprint density at radius 3 is 2.61 bits per heavy atom. The molecule has 0 bridgehead atoms. The number of rotatable bonds is 21. The average Bonchev–Trinajstić information content (AvgIpc) is 3.74. The lowest BCUT2D eigenvalue weighted by Gasteiger charge is -2.19. The maximum atomic E-state index is 12.8. The quantitative estimate of drug-likeness (QED) is 0.0262. The number of hydrogen-bond donors (Lipinski definition) is 10. The summed E-state index contributed by atoms with van der Waals surface area (Å²) in [7, 11) is -16.6. The monoisotopic (exact) mass is 866 g/mol. The lowest BCUT2D eigenvalue weighted by Crippen LogP contribution is -2.33. The Morgan fingerprint density at radius 1 is 1.11 bits per heavy atom. The molecule has 0 aliphatic carbocycles. The van der Waals surface area contributed by atoms with Gasteiger partial charge in [-0.15, -0.1) is 0 Å². The van der Waals surface area contributed by atoms with E-state index in [1.54, 1.807) is 24.3 Å². The molecular weight excluding hydrogens is 825 g/mol. The van der Waals surface area contributed by atoms with Crippen LogP contribution in [-0.2, 0) is 45.8 Å². The van der Waals surface area contributed by atoms with Gasteiger partial charge >= 0.3 is 23.5 Å². The molecule has 3 heterocycles. The molecule has 0 radical (unpaired) electrons. The molecule has 2 aromatic heterocycles. The van der Waals surface area contributed by atoms with Crippen molar-refractivity contribution in [3.63, 3.8) is 0 Å². The number of carbonyl (C=O) groups excluding carboxylic acids is 2. The van der Waals surface area contributed by atoms with Crippen LogP contribution in [0.2, 0.25) is 0 Å². The third kappa shape index (κ3) is 15.0. The van der Waals surface area contributed by atoms with E-state index in [-0.39, 0.29) is 74.3 Å². The van der Waals surface area contributed by atoms with E-state index < -0.39 is 60.1 Å². The number of carbonyl (C=O) groups is 2. The van der Waals surface area contributed by atoms with E-state index in [9.17, 15) is 37.9 Å². The van der Waals surface area contributed by atoms with Crippen LogP contribution in [0.15, 0.2) is 35.3 Å². The fraction of sp³-hybridized carbons (Fsp3) is 0.448. The number of benzene rings is 1. The van der Waals surface area contributed by atoms with Gasteiger partial charge in [-0.3, -0.25) is 23.9 Å². The highest BCUT2D eigenvalue weighted by Crippen LogP contribution is 2.66. The lowest BCUT2D eigenvalue weighted by molar-refractivity contribution is -0.126. The Labute approximate surface area is 322 Å². The molecule has 2 amide bonds. The van der Waals surface area contributed by atoms with Crippen molar-refractivity contribution in [1.82, 2.24) is 25.2 Å². The minimum Gasteiger partial charge on any atom is -0.489 e. The van der Waals surface area contributed by atoms with Crippen LogP contribution in [0.1, 0.15) is 35.0 Å². The maximum Gasteiger partial charge on any atom is 0.490 e. The summed E-state index contributed by atoms with van der Waals surface area (Å²) in [6, 6.07) is 6.50. The molecule has 3 aromatic rings. The summed E-state index contributed by atoms with van der Waals surface area (Å²) in [6.07, 6.45) is -0.643. The number of nitrogens with one attached hydrogen (secondary N) is 3. The van der Waals surface area contributed by atoms with Crippen LogP contribution >= 0.6 is 23.5 Å². The molecule has 1 saturated heterocycles. The first kappa shape index (κ1) is 45.6. The Balaban J connectivity index is 1.22. The zero-order valence-electron chi connectivity index (χ0n) is 29.8. The summed E-state index contributed by atoms with van der Waals surface area (Å²) >= 11 is 0. The fourth-order valence-corrected chi connectivity index (χ4v) is 8.03. The van der Waals surface area contributed by atoms with Crippen molar-refractivity contribution >= 4 is 52.3 Å². The number of phosphoric ester groups is 1. The van der Waals surface area contributed by atoms with Gasteiger partial charge in [0.05, 0.1) is 43.4 Å². The number of H-pyrrole nitrogens is 1. The van der Waals surface area contributed by atoms with Gasteiger partial charge in [-0.05, 0) is 31.0 Å². The van der Waals surface area contributed by atoms with E-state index in [1.807, 2.05) is 0 Å². The van der Waals surface area contributed by atoms with E-state index in [2.05, 4.69) is 45.6 Å². The number of fused-ring (bicyclic) bond motifs is 1. The number of nitrogens with zero attached hydrogens (tertiary/aromatic N) is 2. The number of aromatic amines is 1. The van der Waals surface area contributed by atoms with Gasteiger partial charge < -0.3 is 70.9 Å². The molecule has 13 N–H and O–H groups in total. The van der Waals surface area contributed by atoms with Gasteiger partial charge in [0.1, 0.15) is 31.4 Å². The Bertz CT molecular complexity index is 2150. The van der Waals surface area contributed by atoms with Crippen LogP contribution in [0.3, 0.4) is 0 Å². The van der Waals surface area contributed by atoms with Crippen LogP contribution in [0, 0.1) is 11.8 Å². The second-order valence-corrected chi connectivity index (χ2v) is 16.1. The van der Waals surface area contributed by atoms with Crippen molar-refractivity contribution in [1.29, 1.82) is 0 Å². The predicted molar refractivity (Wildman–Crippen MR) is 196 cm³/mol. The van der Waals surface area contributed by atoms with Crippen LogP contribution in [0.4, 0.5) is 5.95 Å². The van der Waals surface area contributed by atoms with Gasteiger partial charge in [-0.2, -0.15) is 13.6 Å². The highest BCUT2D eigenvalue weighted by atomic mass is 31.3. The number of anilines is 1. The standard InChI is InChI=1S/C29H41N8O17P3/c30-8-10-34-27(39)18-3-1-5-20(13-18)50-16-22(31)49-12-11-48-17-23(38)33-9-2-4-19-14-37(26-25(19)28(40)36-29(32)35-26)24-7-6-21(52-24)15-51-56(44,45)54-57(46,47)53-55(41,42)43/h1,3,5,13-14,21-22,24H,6-12,15-17,30-31H2,(H,33,38)(H,34,39)(H,44,45)(H,46,47)(H2,41,42,43)(H3,32,35,36,40)/t21-,22?,24+/m0/s1. The summed E-state index contributed by atoms with van der Waals surface area (Å²) < 4.78 is 70.1. The second-order valence-electron chi connectivity index (χ2n) is 11.7. The molecular formula is C29H41N8O17P3. The smallest absolute Gasteiger partial charge is 0.489 e. The number of nitrogen functional groups attached to an aromatic ring is 1. The van der Waals surface area contributed by atoms with E-state index in [0.717, 1.165) is 0 Å². The van der Waals surface area contributed by atoms with Gasteiger partial charge in [0.25, 0.3) is 11.5 Å². The Hall–Kier alpha value is -4.05. The highest BCUT2D eigenvalue weighted by molar-refractivity contribution is 7.66. The number of phosphoric acid groups is 3. The van der Waals surface area contributed by atoms with Crippen molar-refractivity contribution in [2.45, 2.75) is 31.4 Å². The largest absolute Gasteiger partial charge is 0.490 e. The molecule has 0 saturated carbocycles. The summed E-state index contributed by atoms with van der Waals surface area (Å²) in [5, 5.41) is 5.26. The molecule has 5 atom stereocenters. The average molecular weight is 867 g/mol. The molecule has 1 fully saturated rings. The SMILES string of the molecule is NCCNC(=O)c1cccc(OCC(N)OCCOCC(=O)NCC#Cc2cn([C@H]3CC[C@@H](COP(=O)(O)OP(=O)(O)OP(=O)(O)O)O3)c3nc(N)[nH]c(=O)c23)c1. The van der Waals surface area contributed by atoms with Gasteiger partial charge in [0.15, 0.2) is 5.65 Å². The van der Waals surface area contributed by atoms with Crippen molar-refractivity contribution in [3.8, 4) is 17.6 Å². The number of hydrogen-bond acceptors (Lipinski definition) is 17. The zero-order valence-corrected chi connectivity index (χ0v) is 32.4. The van der Waals surface area contributed by atoms with Crippen molar-refractivity contribution in [3.05, 3.63) is 51.9 Å². The molecule has 28 heteroatoms. The first-order chi connectivity index (χ1) is 26.8. The third-order valence-corrected chi connectivity index (χ3v) is 11.1. The van der Waals surface area contributed by atoms with Crippen molar-refractivity contribution < 1.29 is 75.0 Å². The topological polar surface area (TPSA) is 384 Å². The third-order valence-electron chi connectivity index (χ3n) is 7.27. The molecule has 4 rings (SSSR count). The van der Waals surface area contributed by atoms with Crippen LogP contribution in [-0.4, -0.2) is 111 Å². The van der Waals surface area contributed by atoms with E-state index in [1.165, 1.54) is 10.8 Å². The fourth-order valence-electron chi connectivity index (χ4n) is 4.98. The van der Waals surface area contributed by atoms with Crippen molar-refractivity contribution in [2.75, 3.05) is 58.4 Å². The molecule has 57 heavy (non-hydrogen) atoms. The number of ether oxygens (including phenoxy) is 4. The first-order valence-electron chi connectivity index (χ1n) is 16.6. The van der Waals surface area contributed by atoms with Crippen molar-refractivity contribution in [2.24, 2.45) is 11.5 Å². The van der Waals surface area contributed by atoms with Gasteiger partial charge in [0, 0.05) is 24.8 Å². The van der Waals surface area contributed by atoms with E-state index in [4.69, 9.17) is 45.9 Å². The molecule has 1 aliphatic rings. The van der Waals surface area contributed by atoms with Crippen LogP contribution < -0.4 is 38.1 Å². The van der Waals surface area contributed by atoms with Gasteiger partial charge in [-0.1, -0.05) is 17.9 Å². The predicted octanol–water partition coefficient (Wildman–Crippen LogP) is -1.12. The highest BCUT2D eigenvalue weighted by Gasteiger charge is 2.41.